The van der Waals surface area contributed by atoms with Crippen molar-refractivity contribution in [1.29, 1.82) is 0 Å². The Morgan fingerprint density at radius 1 is 1.16 bits per heavy atom. The van der Waals surface area contributed by atoms with Gasteiger partial charge in [0.15, 0.2) is 0 Å². The highest BCUT2D eigenvalue weighted by Gasteiger charge is 2.23. The number of esters is 1. The first kappa shape index (κ1) is 24.6. The zero-order chi connectivity index (χ0) is 23.0. The van der Waals surface area contributed by atoms with Crippen LogP contribution in [0, 0.1) is 0 Å². The zero-order valence-electron chi connectivity index (χ0n) is 19.3. The highest BCUT2D eigenvalue weighted by atomic mass is 35.5. The van der Waals surface area contributed by atoms with Gasteiger partial charge in [0.25, 0.3) is 0 Å². The Morgan fingerprint density at radius 3 is 2.62 bits per heavy atom. The number of ether oxygens (including phenoxy) is 3. The first-order valence-corrected chi connectivity index (χ1v) is 11.7. The Hall–Kier alpha value is -2.08. The lowest BCUT2D eigenvalue weighted by molar-refractivity contribution is -0.155. The molecule has 32 heavy (non-hydrogen) atoms. The van der Waals surface area contributed by atoms with Gasteiger partial charge in [0.05, 0.1) is 25.7 Å². The molecule has 0 aliphatic carbocycles. The summed E-state index contributed by atoms with van der Waals surface area (Å²) in [7, 11) is 0. The molecule has 0 amide bonds. The lowest BCUT2D eigenvalue weighted by Gasteiger charge is -2.33. The largest absolute Gasteiger partial charge is 0.494 e. The molecular weight excluding hydrogens is 426 g/mol. The van der Waals surface area contributed by atoms with Gasteiger partial charge in [-0.3, -0.25) is 9.69 Å². The van der Waals surface area contributed by atoms with Gasteiger partial charge in [0.1, 0.15) is 11.4 Å². The standard InChI is InChI=1S/C26H34ClNO4/c1-26(2,3)32-25(29)14-15-28-16-18-31-24(19-28)21-10-12-22(13-11-21)30-17-6-8-20-7-4-5-9-23(20)27/h4-5,7,9-13,24H,6,8,14-19H2,1-3H3. The van der Waals surface area contributed by atoms with Crippen molar-refractivity contribution in [3.8, 4) is 5.75 Å². The first-order valence-electron chi connectivity index (χ1n) is 11.3. The minimum atomic E-state index is -0.441. The van der Waals surface area contributed by atoms with E-state index in [0.717, 1.165) is 47.8 Å². The maximum absolute atomic E-state index is 12.0. The van der Waals surface area contributed by atoms with Crippen LogP contribution >= 0.6 is 11.6 Å². The van der Waals surface area contributed by atoms with E-state index in [1.165, 1.54) is 0 Å². The average molecular weight is 460 g/mol. The minimum Gasteiger partial charge on any atom is -0.494 e. The zero-order valence-corrected chi connectivity index (χ0v) is 20.1. The molecule has 5 nitrogen and oxygen atoms in total. The lowest BCUT2D eigenvalue weighted by atomic mass is 10.1. The number of halogens is 1. The van der Waals surface area contributed by atoms with Crippen molar-refractivity contribution in [3.63, 3.8) is 0 Å². The lowest BCUT2D eigenvalue weighted by Crippen LogP contribution is -2.39. The molecule has 0 saturated carbocycles. The van der Waals surface area contributed by atoms with E-state index in [2.05, 4.69) is 23.1 Å². The van der Waals surface area contributed by atoms with Crippen LogP contribution in [-0.2, 0) is 20.7 Å². The molecule has 0 radical (unpaired) electrons. The van der Waals surface area contributed by atoms with Crippen molar-refractivity contribution < 1.29 is 19.0 Å². The van der Waals surface area contributed by atoms with Crippen molar-refractivity contribution >= 4 is 17.6 Å². The third-order valence-corrected chi connectivity index (χ3v) is 5.64. The van der Waals surface area contributed by atoms with Crippen LogP contribution in [0.5, 0.6) is 5.75 Å². The smallest absolute Gasteiger partial charge is 0.307 e. The molecule has 6 heteroatoms. The Balaban J connectivity index is 1.41. The van der Waals surface area contributed by atoms with E-state index in [0.29, 0.717) is 26.2 Å². The second-order valence-electron chi connectivity index (χ2n) is 9.11. The van der Waals surface area contributed by atoms with E-state index in [9.17, 15) is 4.79 Å². The summed E-state index contributed by atoms with van der Waals surface area (Å²) in [5.41, 5.74) is 1.83. The SMILES string of the molecule is CC(C)(C)OC(=O)CCN1CCOC(c2ccc(OCCCc3ccccc3Cl)cc2)C1. The fourth-order valence-electron chi connectivity index (χ4n) is 3.68. The Bertz CT molecular complexity index is 863. The maximum Gasteiger partial charge on any atom is 0.307 e. The quantitative estimate of drug-likeness (QED) is 0.368. The predicted octanol–water partition coefficient (Wildman–Crippen LogP) is 5.46. The monoisotopic (exact) mass is 459 g/mol. The summed E-state index contributed by atoms with van der Waals surface area (Å²) >= 11 is 6.20. The molecule has 174 valence electrons. The van der Waals surface area contributed by atoms with E-state index in [4.69, 9.17) is 25.8 Å². The van der Waals surface area contributed by atoms with Crippen LogP contribution in [0.2, 0.25) is 5.02 Å². The number of morpholine rings is 1. The molecule has 0 spiro atoms. The second-order valence-corrected chi connectivity index (χ2v) is 9.52. The fourth-order valence-corrected chi connectivity index (χ4v) is 3.91. The molecule has 0 aromatic heterocycles. The second kappa shape index (κ2) is 11.7. The number of hydrogen-bond acceptors (Lipinski definition) is 5. The van der Waals surface area contributed by atoms with E-state index in [-0.39, 0.29) is 12.1 Å². The number of hydrogen-bond donors (Lipinski definition) is 0. The molecule has 1 atom stereocenters. The summed E-state index contributed by atoms with van der Waals surface area (Å²) in [4.78, 5) is 14.3. The average Bonchev–Trinajstić information content (AvgIpc) is 2.76. The molecule has 2 aromatic carbocycles. The van der Waals surface area contributed by atoms with Crippen molar-refractivity contribution in [3.05, 3.63) is 64.7 Å². The van der Waals surface area contributed by atoms with Gasteiger partial charge in [-0.05, 0) is 62.9 Å². The summed E-state index contributed by atoms with van der Waals surface area (Å²) in [6, 6.07) is 16.0. The Labute approximate surface area is 196 Å². The van der Waals surface area contributed by atoms with Crippen LogP contribution in [0.1, 0.15) is 50.8 Å². The normalized spacial score (nSPS) is 17.2. The molecule has 1 fully saturated rings. The molecular formula is C26H34ClNO4. The third kappa shape index (κ3) is 8.12. The van der Waals surface area contributed by atoms with E-state index < -0.39 is 5.60 Å². The Kier molecular flexibility index (Phi) is 8.97. The molecule has 1 heterocycles. The topological polar surface area (TPSA) is 48.0 Å². The Morgan fingerprint density at radius 2 is 1.91 bits per heavy atom. The number of aryl methyl sites for hydroxylation is 1. The van der Waals surface area contributed by atoms with Crippen LogP contribution in [0.3, 0.4) is 0 Å². The van der Waals surface area contributed by atoms with Gasteiger partial charge in [-0.2, -0.15) is 0 Å². The number of carbonyl (C=O) groups excluding carboxylic acids is 1. The van der Waals surface area contributed by atoms with Crippen LogP contribution in [-0.4, -0.2) is 49.3 Å². The molecule has 1 aliphatic rings. The van der Waals surface area contributed by atoms with Gasteiger partial charge >= 0.3 is 5.97 Å². The minimum absolute atomic E-state index is 0.00309. The first-order chi connectivity index (χ1) is 15.3. The summed E-state index contributed by atoms with van der Waals surface area (Å²) in [6.45, 7) is 9.24. The molecule has 2 aromatic rings. The summed E-state index contributed by atoms with van der Waals surface area (Å²) in [6.07, 6.45) is 2.19. The molecule has 1 unspecified atom stereocenters. The number of rotatable bonds is 9. The number of benzene rings is 2. The number of carbonyl (C=O) groups is 1. The number of nitrogens with zero attached hydrogens (tertiary/aromatic N) is 1. The predicted molar refractivity (Wildman–Crippen MR) is 127 cm³/mol. The molecule has 1 saturated heterocycles. The van der Waals surface area contributed by atoms with Gasteiger partial charge in [-0.15, -0.1) is 0 Å². The van der Waals surface area contributed by atoms with Crippen molar-refractivity contribution in [1.82, 2.24) is 4.90 Å². The van der Waals surface area contributed by atoms with Gasteiger partial charge in [-0.25, -0.2) is 0 Å². The third-order valence-electron chi connectivity index (χ3n) is 5.27. The van der Waals surface area contributed by atoms with Crippen LogP contribution in [0.15, 0.2) is 48.5 Å². The maximum atomic E-state index is 12.0. The van der Waals surface area contributed by atoms with E-state index in [1.54, 1.807) is 0 Å². The molecule has 1 aliphatic heterocycles. The van der Waals surface area contributed by atoms with Crippen LogP contribution in [0.4, 0.5) is 0 Å². The van der Waals surface area contributed by atoms with Gasteiger partial charge in [0.2, 0.25) is 0 Å². The van der Waals surface area contributed by atoms with Crippen molar-refractivity contribution in [2.75, 3.05) is 32.8 Å². The van der Waals surface area contributed by atoms with Gasteiger partial charge in [-0.1, -0.05) is 41.9 Å². The van der Waals surface area contributed by atoms with Crippen molar-refractivity contribution in [2.45, 2.75) is 51.7 Å². The molecule has 3 rings (SSSR count). The van der Waals surface area contributed by atoms with Gasteiger partial charge < -0.3 is 14.2 Å². The van der Waals surface area contributed by atoms with Gasteiger partial charge in [0, 0.05) is 24.7 Å². The summed E-state index contributed by atoms with van der Waals surface area (Å²) < 4.78 is 17.3. The van der Waals surface area contributed by atoms with E-state index >= 15 is 0 Å². The molecule has 0 N–H and O–H groups in total. The summed E-state index contributed by atoms with van der Waals surface area (Å²) in [5.74, 6) is 0.696. The van der Waals surface area contributed by atoms with E-state index in [1.807, 2.05) is 51.1 Å². The van der Waals surface area contributed by atoms with Crippen molar-refractivity contribution in [2.24, 2.45) is 0 Å². The van der Waals surface area contributed by atoms with Crippen LogP contribution < -0.4 is 4.74 Å². The fraction of sp³-hybridized carbons (Fsp3) is 0.500. The van der Waals surface area contributed by atoms with Crippen LogP contribution in [0.25, 0.3) is 0 Å². The summed E-state index contributed by atoms with van der Waals surface area (Å²) in [5, 5.41) is 0.810. The highest BCUT2D eigenvalue weighted by molar-refractivity contribution is 6.31. The highest BCUT2D eigenvalue weighted by Crippen LogP contribution is 2.25. The molecule has 0 bridgehead atoms.